The molecule has 3 rings (SSSR count). The van der Waals surface area contributed by atoms with Crippen molar-refractivity contribution in [2.45, 2.75) is 45.6 Å². The molecule has 0 bridgehead atoms. The number of H-pyrrole nitrogens is 1. The molecule has 2 N–H and O–H groups in total. The van der Waals surface area contributed by atoms with Gasteiger partial charge in [-0.05, 0) is 38.7 Å². The SMILES string of the molecule is Cc1nc(=O)[nH]c(C)c1CCC(=O)NC1CCN(c2cnccn2)CC1. The van der Waals surface area contributed by atoms with Gasteiger partial charge in [0.1, 0.15) is 5.82 Å². The Balaban J connectivity index is 1.47. The third-order valence-corrected chi connectivity index (χ3v) is 4.79. The van der Waals surface area contributed by atoms with Crippen molar-refractivity contribution in [1.82, 2.24) is 25.3 Å². The zero-order valence-corrected chi connectivity index (χ0v) is 15.2. The van der Waals surface area contributed by atoms with Crippen molar-refractivity contribution in [3.05, 3.63) is 46.0 Å². The van der Waals surface area contributed by atoms with Gasteiger partial charge in [-0.15, -0.1) is 0 Å². The summed E-state index contributed by atoms with van der Waals surface area (Å²) in [6, 6.07) is 0.186. The van der Waals surface area contributed by atoms with Crippen LogP contribution in [0.25, 0.3) is 0 Å². The lowest BCUT2D eigenvalue weighted by Gasteiger charge is -2.32. The van der Waals surface area contributed by atoms with Crippen LogP contribution in [0.2, 0.25) is 0 Å². The van der Waals surface area contributed by atoms with Crippen LogP contribution in [0.4, 0.5) is 5.82 Å². The van der Waals surface area contributed by atoms with E-state index in [9.17, 15) is 9.59 Å². The minimum absolute atomic E-state index is 0.0351. The zero-order valence-electron chi connectivity index (χ0n) is 15.2. The van der Waals surface area contributed by atoms with E-state index in [0.29, 0.717) is 18.5 Å². The smallest absolute Gasteiger partial charge is 0.345 e. The van der Waals surface area contributed by atoms with Crippen LogP contribution in [0, 0.1) is 13.8 Å². The molecule has 0 aliphatic carbocycles. The van der Waals surface area contributed by atoms with Gasteiger partial charge >= 0.3 is 5.69 Å². The van der Waals surface area contributed by atoms with E-state index in [4.69, 9.17) is 0 Å². The third-order valence-electron chi connectivity index (χ3n) is 4.79. The summed E-state index contributed by atoms with van der Waals surface area (Å²) in [6.45, 7) is 5.35. The molecule has 1 amide bonds. The first-order valence-electron chi connectivity index (χ1n) is 8.89. The number of rotatable bonds is 5. The molecule has 3 heterocycles. The van der Waals surface area contributed by atoms with Crippen LogP contribution in [0.5, 0.6) is 0 Å². The fourth-order valence-corrected chi connectivity index (χ4v) is 3.37. The van der Waals surface area contributed by atoms with Gasteiger partial charge in [-0.25, -0.2) is 9.78 Å². The molecule has 0 radical (unpaired) electrons. The van der Waals surface area contributed by atoms with Crippen LogP contribution in [0.1, 0.15) is 36.2 Å². The first-order valence-corrected chi connectivity index (χ1v) is 8.89. The second-order valence-corrected chi connectivity index (χ2v) is 6.62. The summed E-state index contributed by atoms with van der Waals surface area (Å²) in [5.41, 5.74) is 2.07. The average Bonchev–Trinajstić information content (AvgIpc) is 2.62. The highest BCUT2D eigenvalue weighted by molar-refractivity contribution is 5.76. The number of aromatic amines is 1. The molecular formula is C18H24N6O2. The van der Waals surface area contributed by atoms with E-state index in [-0.39, 0.29) is 17.6 Å². The quantitative estimate of drug-likeness (QED) is 0.825. The molecule has 0 spiro atoms. The first kappa shape index (κ1) is 18.0. The number of carbonyl (C=O) groups is 1. The average molecular weight is 356 g/mol. The van der Waals surface area contributed by atoms with Gasteiger partial charge in [0.15, 0.2) is 0 Å². The molecule has 2 aromatic rings. The number of hydrogen-bond donors (Lipinski definition) is 2. The topological polar surface area (TPSA) is 104 Å². The van der Waals surface area contributed by atoms with E-state index in [1.165, 1.54) is 0 Å². The van der Waals surface area contributed by atoms with Crippen molar-refractivity contribution in [3.8, 4) is 0 Å². The fourth-order valence-electron chi connectivity index (χ4n) is 3.37. The van der Waals surface area contributed by atoms with Crippen LogP contribution in [0.3, 0.4) is 0 Å². The summed E-state index contributed by atoms with van der Waals surface area (Å²) in [5.74, 6) is 0.918. The van der Waals surface area contributed by atoms with Gasteiger partial charge in [-0.3, -0.25) is 9.78 Å². The monoisotopic (exact) mass is 356 g/mol. The van der Waals surface area contributed by atoms with Gasteiger partial charge in [0.2, 0.25) is 5.91 Å². The van der Waals surface area contributed by atoms with Gasteiger partial charge in [0.25, 0.3) is 0 Å². The van der Waals surface area contributed by atoms with Crippen LogP contribution in [0.15, 0.2) is 23.4 Å². The Hall–Kier alpha value is -2.77. The summed E-state index contributed by atoms with van der Waals surface area (Å²) in [7, 11) is 0. The second kappa shape index (κ2) is 8.07. The van der Waals surface area contributed by atoms with Crippen LogP contribution >= 0.6 is 0 Å². The number of carbonyl (C=O) groups excluding carboxylic acids is 1. The predicted molar refractivity (Wildman–Crippen MR) is 98.1 cm³/mol. The summed E-state index contributed by atoms with van der Waals surface area (Å²) < 4.78 is 0. The van der Waals surface area contributed by atoms with Gasteiger partial charge in [0, 0.05) is 49.3 Å². The normalized spacial score (nSPS) is 15.1. The van der Waals surface area contributed by atoms with Crippen molar-refractivity contribution in [3.63, 3.8) is 0 Å². The molecule has 1 aliphatic rings. The third kappa shape index (κ3) is 4.44. The summed E-state index contributed by atoms with van der Waals surface area (Å²) >= 11 is 0. The largest absolute Gasteiger partial charge is 0.355 e. The minimum Gasteiger partial charge on any atom is -0.355 e. The highest BCUT2D eigenvalue weighted by Crippen LogP contribution is 2.17. The van der Waals surface area contributed by atoms with E-state index >= 15 is 0 Å². The molecule has 2 aromatic heterocycles. The summed E-state index contributed by atoms with van der Waals surface area (Å²) in [5, 5.41) is 3.12. The van der Waals surface area contributed by atoms with Crippen molar-refractivity contribution < 1.29 is 4.79 Å². The Morgan fingerprint density at radius 2 is 2.08 bits per heavy atom. The summed E-state index contributed by atoms with van der Waals surface area (Å²) in [4.78, 5) is 40.8. The van der Waals surface area contributed by atoms with Crippen molar-refractivity contribution in [1.29, 1.82) is 0 Å². The Morgan fingerprint density at radius 3 is 2.73 bits per heavy atom. The second-order valence-electron chi connectivity index (χ2n) is 6.62. The van der Waals surface area contributed by atoms with E-state index in [1.54, 1.807) is 25.5 Å². The maximum atomic E-state index is 12.3. The van der Waals surface area contributed by atoms with E-state index in [0.717, 1.165) is 43.0 Å². The number of nitrogens with one attached hydrogen (secondary N) is 2. The van der Waals surface area contributed by atoms with Crippen molar-refractivity contribution in [2.75, 3.05) is 18.0 Å². The lowest BCUT2D eigenvalue weighted by molar-refractivity contribution is -0.121. The Bertz CT molecular complexity index is 786. The number of aromatic nitrogens is 4. The Labute approximate surface area is 152 Å². The highest BCUT2D eigenvalue weighted by Gasteiger charge is 2.21. The van der Waals surface area contributed by atoms with E-state index in [1.807, 2.05) is 6.92 Å². The molecule has 138 valence electrons. The number of aryl methyl sites for hydroxylation is 2. The van der Waals surface area contributed by atoms with Crippen molar-refractivity contribution in [2.24, 2.45) is 0 Å². The van der Waals surface area contributed by atoms with Gasteiger partial charge < -0.3 is 15.2 Å². The molecule has 0 unspecified atom stereocenters. The standard InChI is InChI=1S/C18H24N6O2/c1-12-15(13(2)22-18(26)21-12)3-4-17(25)23-14-5-9-24(10-6-14)16-11-19-7-8-20-16/h7-8,11,14H,3-6,9-10H2,1-2H3,(H,23,25)(H,21,22,26). The molecule has 1 aliphatic heterocycles. The van der Waals surface area contributed by atoms with E-state index < -0.39 is 0 Å². The molecule has 0 saturated carbocycles. The van der Waals surface area contributed by atoms with Crippen LogP contribution in [-0.2, 0) is 11.2 Å². The number of anilines is 1. The molecular weight excluding hydrogens is 332 g/mol. The Kier molecular flexibility index (Phi) is 5.60. The molecule has 1 fully saturated rings. The molecule has 0 aromatic carbocycles. The van der Waals surface area contributed by atoms with Crippen LogP contribution in [-0.4, -0.2) is 45.0 Å². The zero-order chi connectivity index (χ0) is 18.5. The fraction of sp³-hybridized carbons (Fsp3) is 0.500. The molecule has 1 saturated heterocycles. The number of amides is 1. The molecule has 8 nitrogen and oxygen atoms in total. The van der Waals surface area contributed by atoms with Gasteiger partial charge in [0.05, 0.1) is 6.20 Å². The number of nitrogens with zero attached hydrogens (tertiary/aromatic N) is 4. The number of piperidine rings is 1. The van der Waals surface area contributed by atoms with Crippen LogP contribution < -0.4 is 15.9 Å². The molecule has 8 heteroatoms. The van der Waals surface area contributed by atoms with E-state index in [2.05, 4.69) is 30.2 Å². The summed E-state index contributed by atoms with van der Waals surface area (Å²) in [6.07, 6.45) is 7.87. The predicted octanol–water partition coefficient (Wildman–Crippen LogP) is 0.895. The highest BCUT2D eigenvalue weighted by atomic mass is 16.1. The molecule has 0 atom stereocenters. The Morgan fingerprint density at radius 1 is 1.31 bits per heavy atom. The minimum atomic E-state index is -0.344. The van der Waals surface area contributed by atoms with Crippen molar-refractivity contribution >= 4 is 11.7 Å². The lowest BCUT2D eigenvalue weighted by Crippen LogP contribution is -2.45. The van der Waals surface area contributed by atoms with Gasteiger partial charge in [-0.2, -0.15) is 4.98 Å². The molecule has 26 heavy (non-hydrogen) atoms. The lowest BCUT2D eigenvalue weighted by atomic mass is 10.0. The first-order chi connectivity index (χ1) is 12.5. The van der Waals surface area contributed by atoms with Gasteiger partial charge in [-0.1, -0.05) is 0 Å². The maximum absolute atomic E-state index is 12.3. The maximum Gasteiger partial charge on any atom is 0.345 e. The number of hydrogen-bond acceptors (Lipinski definition) is 6.